The van der Waals surface area contributed by atoms with E-state index in [0.717, 1.165) is 0 Å². The molecule has 0 aliphatic carbocycles. The van der Waals surface area contributed by atoms with Crippen molar-refractivity contribution in [3.8, 4) is 11.3 Å². The zero-order valence-electron chi connectivity index (χ0n) is 10.2. The Hall–Kier alpha value is -2.14. The Labute approximate surface area is 109 Å². The summed E-state index contributed by atoms with van der Waals surface area (Å²) in [6.07, 6.45) is 0.497. The van der Waals surface area contributed by atoms with Crippen molar-refractivity contribution in [1.82, 2.24) is 5.32 Å². The first-order valence-corrected chi connectivity index (χ1v) is 5.95. The normalized spacial score (nSPS) is 10.4. The first-order chi connectivity index (χ1) is 9.20. The maximum Gasteiger partial charge on any atom is 0.287 e. The number of carbonyl (C=O) groups is 1. The van der Waals surface area contributed by atoms with Crippen LogP contribution in [0.15, 0.2) is 40.8 Å². The van der Waals surface area contributed by atoms with E-state index in [-0.39, 0.29) is 24.1 Å². The molecule has 19 heavy (non-hydrogen) atoms. The van der Waals surface area contributed by atoms with Gasteiger partial charge in [0.05, 0.1) is 0 Å². The molecule has 0 saturated heterocycles. The molecule has 0 unspecified atom stereocenters. The van der Waals surface area contributed by atoms with E-state index in [9.17, 15) is 9.18 Å². The van der Waals surface area contributed by atoms with Gasteiger partial charge in [0.15, 0.2) is 5.76 Å². The second-order valence-electron chi connectivity index (χ2n) is 4.00. The second-order valence-corrected chi connectivity index (χ2v) is 4.00. The SMILES string of the molecule is O=C(NCCCO)c1ccc(-c2ccc(F)cc2)o1. The molecule has 1 amide bonds. The number of hydrogen-bond donors (Lipinski definition) is 2. The molecule has 0 spiro atoms. The topological polar surface area (TPSA) is 62.5 Å². The van der Waals surface area contributed by atoms with Crippen LogP contribution in [0.25, 0.3) is 11.3 Å². The van der Waals surface area contributed by atoms with E-state index in [2.05, 4.69) is 5.32 Å². The van der Waals surface area contributed by atoms with E-state index >= 15 is 0 Å². The zero-order chi connectivity index (χ0) is 13.7. The van der Waals surface area contributed by atoms with Crippen LogP contribution in [0.3, 0.4) is 0 Å². The third-order valence-corrected chi connectivity index (χ3v) is 2.58. The lowest BCUT2D eigenvalue weighted by Crippen LogP contribution is -2.24. The Kier molecular flexibility index (Phi) is 4.30. The summed E-state index contributed by atoms with van der Waals surface area (Å²) >= 11 is 0. The van der Waals surface area contributed by atoms with Crippen LogP contribution in [0.4, 0.5) is 4.39 Å². The lowest BCUT2D eigenvalue weighted by molar-refractivity contribution is 0.0924. The van der Waals surface area contributed by atoms with Crippen LogP contribution in [0.1, 0.15) is 17.0 Å². The summed E-state index contributed by atoms with van der Waals surface area (Å²) in [5.74, 6) is 0.0451. The molecule has 1 heterocycles. The minimum atomic E-state index is -0.332. The molecule has 4 nitrogen and oxygen atoms in total. The monoisotopic (exact) mass is 263 g/mol. The predicted octanol–water partition coefficient (Wildman–Crippen LogP) is 2.20. The van der Waals surface area contributed by atoms with Crippen LogP contribution >= 0.6 is 0 Å². The van der Waals surface area contributed by atoms with Gasteiger partial charge in [0, 0.05) is 18.7 Å². The van der Waals surface area contributed by atoms with Crippen LogP contribution in [-0.2, 0) is 0 Å². The van der Waals surface area contributed by atoms with Gasteiger partial charge in [0.25, 0.3) is 5.91 Å². The number of rotatable bonds is 5. The highest BCUT2D eigenvalue weighted by Crippen LogP contribution is 2.22. The van der Waals surface area contributed by atoms with Gasteiger partial charge in [-0.05, 0) is 42.8 Å². The molecule has 0 radical (unpaired) electrons. The molecule has 0 bridgehead atoms. The number of aliphatic hydroxyl groups excluding tert-OH is 1. The summed E-state index contributed by atoms with van der Waals surface area (Å²) < 4.78 is 18.2. The van der Waals surface area contributed by atoms with Crippen LogP contribution < -0.4 is 5.32 Å². The van der Waals surface area contributed by atoms with Crippen LogP contribution in [0, 0.1) is 5.82 Å². The number of amides is 1. The van der Waals surface area contributed by atoms with Crippen molar-refractivity contribution in [2.24, 2.45) is 0 Å². The smallest absolute Gasteiger partial charge is 0.287 e. The Morgan fingerprint density at radius 3 is 2.63 bits per heavy atom. The molecule has 0 saturated carbocycles. The van der Waals surface area contributed by atoms with Crippen molar-refractivity contribution in [3.05, 3.63) is 48.0 Å². The molecule has 1 aromatic heterocycles. The number of halogens is 1. The average Bonchev–Trinajstić information content (AvgIpc) is 2.89. The summed E-state index contributed by atoms with van der Waals surface area (Å²) in [5, 5.41) is 11.2. The highest BCUT2D eigenvalue weighted by atomic mass is 19.1. The van der Waals surface area contributed by atoms with Crippen molar-refractivity contribution in [2.75, 3.05) is 13.2 Å². The minimum Gasteiger partial charge on any atom is -0.451 e. The molecule has 100 valence electrons. The maximum atomic E-state index is 12.8. The maximum absolute atomic E-state index is 12.8. The first-order valence-electron chi connectivity index (χ1n) is 5.95. The van der Waals surface area contributed by atoms with Crippen molar-refractivity contribution in [3.63, 3.8) is 0 Å². The van der Waals surface area contributed by atoms with Gasteiger partial charge in [-0.2, -0.15) is 0 Å². The standard InChI is InChI=1S/C14H14FNO3/c15-11-4-2-10(3-5-11)12-6-7-13(19-12)14(18)16-8-1-9-17/h2-7,17H,1,8-9H2,(H,16,18). The zero-order valence-corrected chi connectivity index (χ0v) is 10.2. The predicted molar refractivity (Wildman–Crippen MR) is 68.1 cm³/mol. The second kappa shape index (κ2) is 6.15. The van der Waals surface area contributed by atoms with Crippen molar-refractivity contribution in [2.45, 2.75) is 6.42 Å². The number of aliphatic hydroxyl groups is 1. The highest BCUT2D eigenvalue weighted by Gasteiger charge is 2.11. The van der Waals surface area contributed by atoms with Crippen LogP contribution in [-0.4, -0.2) is 24.2 Å². The molecule has 0 aliphatic heterocycles. The summed E-state index contributed by atoms with van der Waals surface area (Å²) in [6, 6.07) is 9.06. The van der Waals surface area contributed by atoms with Gasteiger partial charge in [-0.3, -0.25) is 4.79 Å². The van der Waals surface area contributed by atoms with E-state index in [4.69, 9.17) is 9.52 Å². The molecule has 2 rings (SSSR count). The van der Waals surface area contributed by atoms with Crippen molar-refractivity contribution < 1.29 is 18.7 Å². The first kappa shape index (κ1) is 13.3. The molecule has 2 aromatic rings. The summed E-state index contributed by atoms with van der Waals surface area (Å²) in [5.41, 5.74) is 0.704. The Morgan fingerprint density at radius 1 is 1.21 bits per heavy atom. The van der Waals surface area contributed by atoms with E-state index in [0.29, 0.717) is 24.3 Å². The fraction of sp³-hybridized carbons (Fsp3) is 0.214. The molecule has 1 aromatic carbocycles. The summed E-state index contributed by atoms with van der Waals surface area (Å²) in [7, 11) is 0. The van der Waals surface area contributed by atoms with Gasteiger partial charge in [0.1, 0.15) is 11.6 Å². The molecular formula is C14H14FNO3. The third-order valence-electron chi connectivity index (χ3n) is 2.58. The van der Waals surface area contributed by atoms with Gasteiger partial charge >= 0.3 is 0 Å². The lowest BCUT2D eigenvalue weighted by Gasteiger charge is -2.01. The van der Waals surface area contributed by atoms with Gasteiger partial charge in [0.2, 0.25) is 0 Å². The van der Waals surface area contributed by atoms with Crippen LogP contribution in [0.5, 0.6) is 0 Å². The summed E-state index contributed by atoms with van der Waals surface area (Å²) in [6.45, 7) is 0.418. The number of carbonyl (C=O) groups excluding carboxylic acids is 1. The molecule has 0 fully saturated rings. The molecular weight excluding hydrogens is 249 g/mol. The van der Waals surface area contributed by atoms with E-state index in [1.54, 1.807) is 24.3 Å². The lowest BCUT2D eigenvalue weighted by atomic mass is 10.2. The number of hydrogen-bond acceptors (Lipinski definition) is 3. The third kappa shape index (κ3) is 3.42. The van der Waals surface area contributed by atoms with Crippen molar-refractivity contribution in [1.29, 1.82) is 0 Å². The fourth-order valence-electron chi connectivity index (χ4n) is 1.60. The fourth-order valence-corrected chi connectivity index (χ4v) is 1.60. The summed E-state index contributed by atoms with van der Waals surface area (Å²) in [4.78, 5) is 11.7. The Balaban J connectivity index is 2.06. The Bertz CT molecular complexity index is 548. The number of furan rings is 1. The van der Waals surface area contributed by atoms with Crippen molar-refractivity contribution >= 4 is 5.91 Å². The highest BCUT2D eigenvalue weighted by molar-refractivity contribution is 5.92. The average molecular weight is 263 g/mol. The molecule has 0 atom stereocenters. The van der Waals surface area contributed by atoms with Gasteiger partial charge < -0.3 is 14.8 Å². The minimum absolute atomic E-state index is 0.0270. The largest absolute Gasteiger partial charge is 0.451 e. The molecule has 0 aliphatic rings. The number of benzene rings is 1. The van der Waals surface area contributed by atoms with Crippen LogP contribution in [0.2, 0.25) is 0 Å². The van der Waals surface area contributed by atoms with Gasteiger partial charge in [-0.1, -0.05) is 0 Å². The van der Waals surface area contributed by atoms with Gasteiger partial charge in [-0.15, -0.1) is 0 Å². The molecule has 5 heteroatoms. The van der Waals surface area contributed by atoms with Gasteiger partial charge in [-0.25, -0.2) is 4.39 Å². The van der Waals surface area contributed by atoms with E-state index in [1.165, 1.54) is 12.1 Å². The number of nitrogens with one attached hydrogen (secondary N) is 1. The van der Waals surface area contributed by atoms with E-state index < -0.39 is 0 Å². The molecule has 2 N–H and O–H groups in total. The quantitative estimate of drug-likeness (QED) is 0.813. The van der Waals surface area contributed by atoms with E-state index in [1.807, 2.05) is 0 Å². The Morgan fingerprint density at radius 2 is 1.95 bits per heavy atom.